The molecule has 0 spiro atoms. The van der Waals surface area contributed by atoms with E-state index in [1.54, 1.807) is 49.6 Å². The molecule has 2 rings (SSSR count). The first-order valence-corrected chi connectivity index (χ1v) is 6.65. The largest absolute Gasteiger partial charge is 0.482 e. The minimum absolute atomic E-state index is 0.159. The van der Waals surface area contributed by atoms with Crippen molar-refractivity contribution in [2.75, 3.05) is 6.61 Å². The standard InChI is InChI=1S/C15H14ClN3O2/c1-11(12-5-4-8-17-9-12)18-19-15(20)10-21-14-7-3-2-6-13(14)16/h2-9H,10H2,1H3,(H,19,20)/b18-11+. The van der Waals surface area contributed by atoms with Gasteiger partial charge in [0, 0.05) is 18.0 Å². The van der Waals surface area contributed by atoms with E-state index < -0.39 is 0 Å². The molecular formula is C15H14ClN3O2. The molecule has 0 aliphatic carbocycles. The smallest absolute Gasteiger partial charge is 0.277 e. The van der Waals surface area contributed by atoms with Crippen LogP contribution in [0.4, 0.5) is 0 Å². The quantitative estimate of drug-likeness (QED) is 0.682. The van der Waals surface area contributed by atoms with Crippen molar-refractivity contribution in [1.29, 1.82) is 0 Å². The zero-order valence-corrected chi connectivity index (χ0v) is 12.2. The molecule has 0 aliphatic heterocycles. The van der Waals surface area contributed by atoms with Crippen LogP contribution in [0.25, 0.3) is 0 Å². The van der Waals surface area contributed by atoms with Crippen LogP contribution in [0.2, 0.25) is 5.02 Å². The van der Waals surface area contributed by atoms with Crippen LogP contribution < -0.4 is 10.2 Å². The van der Waals surface area contributed by atoms with E-state index in [9.17, 15) is 4.79 Å². The summed E-state index contributed by atoms with van der Waals surface area (Å²) in [6.45, 7) is 1.62. The summed E-state index contributed by atoms with van der Waals surface area (Å²) in [4.78, 5) is 15.6. The van der Waals surface area contributed by atoms with E-state index in [4.69, 9.17) is 16.3 Å². The highest BCUT2D eigenvalue weighted by Crippen LogP contribution is 2.22. The maximum atomic E-state index is 11.7. The highest BCUT2D eigenvalue weighted by atomic mass is 35.5. The molecule has 0 unspecified atom stereocenters. The molecule has 0 bridgehead atoms. The van der Waals surface area contributed by atoms with Gasteiger partial charge >= 0.3 is 0 Å². The normalized spacial score (nSPS) is 11.0. The summed E-state index contributed by atoms with van der Waals surface area (Å²) < 4.78 is 5.31. The Hall–Kier alpha value is -2.40. The van der Waals surface area contributed by atoms with Crippen LogP contribution in [0.15, 0.2) is 53.9 Å². The summed E-state index contributed by atoms with van der Waals surface area (Å²) in [6, 6.07) is 10.6. The summed E-state index contributed by atoms with van der Waals surface area (Å²) in [5.74, 6) is 0.0976. The number of benzene rings is 1. The van der Waals surface area contributed by atoms with Crippen molar-refractivity contribution >= 4 is 23.2 Å². The Bertz CT molecular complexity index is 644. The van der Waals surface area contributed by atoms with Gasteiger partial charge in [0.05, 0.1) is 10.7 Å². The van der Waals surface area contributed by atoms with Gasteiger partial charge in [0.15, 0.2) is 6.61 Å². The first kappa shape index (κ1) is 15.0. The van der Waals surface area contributed by atoms with Gasteiger partial charge in [0.2, 0.25) is 0 Å². The Morgan fingerprint density at radius 2 is 2.14 bits per heavy atom. The second-order valence-electron chi connectivity index (χ2n) is 4.19. The van der Waals surface area contributed by atoms with Gasteiger partial charge in [0.1, 0.15) is 5.75 Å². The number of hydrogen-bond donors (Lipinski definition) is 1. The topological polar surface area (TPSA) is 63.6 Å². The van der Waals surface area contributed by atoms with E-state index in [2.05, 4.69) is 15.5 Å². The van der Waals surface area contributed by atoms with Crippen LogP contribution in [-0.4, -0.2) is 23.2 Å². The molecule has 2 aromatic rings. The van der Waals surface area contributed by atoms with Crippen LogP contribution in [0.3, 0.4) is 0 Å². The lowest BCUT2D eigenvalue weighted by atomic mass is 10.2. The van der Waals surface area contributed by atoms with Gasteiger partial charge in [-0.15, -0.1) is 0 Å². The summed E-state index contributed by atoms with van der Waals surface area (Å²) in [5, 5.41) is 4.45. The summed E-state index contributed by atoms with van der Waals surface area (Å²) in [7, 11) is 0. The average molecular weight is 304 g/mol. The molecule has 108 valence electrons. The van der Waals surface area contributed by atoms with Crippen molar-refractivity contribution in [1.82, 2.24) is 10.4 Å². The predicted octanol–water partition coefficient (Wildman–Crippen LogP) is 2.65. The molecule has 5 nitrogen and oxygen atoms in total. The molecule has 0 aliphatic rings. The molecule has 21 heavy (non-hydrogen) atoms. The molecule has 6 heteroatoms. The van der Waals surface area contributed by atoms with Gasteiger partial charge in [-0.25, -0.2) is 5.43 Å². The van der Waals surface area contributed by atoms with E-state index in [0.717, 1.165) is 5.56 Å². The highest BCUT2D eigenvalue weighted by Gasteiger charge is 2.05. The van der Waals surface area contributed by atoms with Crippen molar-refractivity contribution in [3.05, 3.63) is 59.4 Å². The fourth-order valence-electron chi connectivity index (χ4n) is 1.52. The molecule has 0 saturated carbocycles. The van der Waals surface area contributed by atoms with Crippen LogP contribution in [0.1, 0.15) is 12.5 Å². The molecule has 1 heterocycles. The molecule has 0 fully saturated rings. The number of carbonyl (C=O) groups is 1. The van der Waals surface area contributed by atoms with Gasteiger partial charge in [-0.05, 0) is 25.1 Å². The number of hydrazone groups is 1. The number of hydrogen-bond acceptors (Lipinski definition) is 4. The minimum atomic E-state index is -0.363. The van der Waals surface area contributed by atoms with E-state index in [0.29, 0.717) is 16.5 Å². The monoisotopic (exact) mass is 303 g/mol. The number of rotatable bonds is 5. The van der Waals surface area contributed by atoms with E-state index in [1.807, 2.05) is 6.07 Å². The second kappa shape index (κ2) is 7.40. The summed E-state index contributed by atoms with van der Waals surface area (Å²) in [5.41, 5.74) is 3.92. The molecule has 0 atom stereocenters. The second-order valence-corrected chi connectivity index (χ2v) is 4.60. The number of aromatic nitrogens is 1. The maximum absolute atomic E-state index is 11.7. The van der Waals surface area contributed by atoms with Gasteiger partial charge in [-0.1, -0.05) is 29.8 Å². The van der Waals surface area contributed by atoms with Crippen molar-refractivity contribution in [2.24, 2.45) is 5.10 Å². The molecular weight excluding hydrogens is 290 g/mol. The molecule has 1 N–H and O–H groups in total. The molecule has 1 aromatic carbocycles. The molecule has 0 radical (unpaired) electrons. The van der Waals surface area contributed by atoms with Crippen molar-refractivity contribution in [3.8, 4) is 5.75 Å². The number of amides is 1. The number of carbonyl (C=O) groups excluding carboxylic acids is 1. The number of nitrogens with one attached hydrogen (secondary N) is 1. The van der Waals surface area contributed by atoms with E-state index in [-0.39, 0.29) is 12.5 Å². The molecule has 1 aromatic heterocycles. The number of pyridine rings is 1. The number of nitrogens with zero attached hydrogens (tertiary/aromatic N) is 2. The Morgan fingerprint density at radius 1 is 1.33 bits per heavy atom. The van der Waals surface area contributed by atoms with Gasteiger partial charge < -0.3 is 4.74 Å². The number of halogens is 1. The first-order valence-electron chi connectivity index (χ1n) is 6.27. The fraction of sp³-hybridized carbons (Fsp3) is 0.133. The molecule has 1 amide bonds. The Morgan fingerprint density at radius 3 is 2.86 bits per heavy atom. The Kier molecular flexibility index (Phi) is 5.29. The van der Waals surface area contributed by atoms with Crippen LogP contribution in [0, 0.1) is 0 Å². The lowest BCUT2D eigenvalue weighted by Gasteiger charge is -2.07. The third-order valence-electron chi connectivity index (χ3n) is 2.62. The first-order chi connectivity index (χ1) is 10.2. The van der Waals surface area contributed by atoms with Crippen molar-refractivity contribution in [3.63, 3.8) is 0 Å². The fourth-order valence-corrected chi connectivity index (χ4v) is 1.72. The van der Waals surface area contributed by atoms with Gasteiger partial charge in [0.25, 0.3) is 5.91 Å². The van der Waals surface area contributed by atoms with Crippen LogP contribution >= 0.6 is 11.6 Å². The SMILES string of the molecule is C/C(=N\NC(=O)COc1ccccc1Cl)c1cccnc1. The van der Waals surface area contributed by atoms with Gasteiger partial charge in [-0.3, -0.25) is 9.78 Å². The van der Waals surface area contributed by atoms with Gasteiger partial charge in [-0.2, -0.15) is 5.10 Å². The maximum Gasteiger partial charge on any atom is 0.277 e. The number of ether oxygens (including phenoxy) is 1. The van der Waals surface area contributed by atoms with Crippen molar-refractivity contribution in [2.45, 2.75) is 6.92 Å². The lowest BCUT2D eigenvalue weighted by molar-refractivity contribution is -0.123. The van der Waals surface area contributed by atoms with Crippen LogP contribution in [0.5, 0.6) is 5.75 Å². The average Bonchev–Trinajstić information content (AvgIpc) is 2.52. The zero-order chi connectivity index (χ0) is 15.1. The third-order valence-corrected chi connectivity index (χ3v) is 2.94. The third kappa shape index (κ3) is 4.57. The minimum Gasteiger partial charge on any atom is -0.482 e. The summed E-state index contributed by atoms with van der Waals surface area (Å²) in [6.07, 6.45) is 3.35. The van der Waals surface area contributed by atoms with E-state index >= 15 is 0 Å². The number of para-hydroxylation sites is 1. The van der Waals surface area contributed by atoms with E-state index in [1.165, 1.54) is 0 Å². The van der Waals surface area contributed by atoms with Crippen LogP contribution in [-0.2, 0) is 4.79 Å². The molecule has 0 saturated heterocycles. The Labute approximate surface area is 127 Å². The Balaban J connectivity index is 1.87. The zero-order valence-electron chi connectivity index (χ0n) is 11.4. The lowest BCUT2D eigenvalue weighted by Crippen LogP contribution is -2.25. The predicted molar refractivity (Wildman–Crippen MR) is 81.5 cm³/mol. The summed E-state index contributed by atoms with van der Waals surface area (Å²) >= 11 is 5.92. The van der Waals surface area contributed by atoms with Crippen molar-refractivity contribution < 1.29 is 9.53 Å². The highest BCUT2D eigenvalue weighted by molar-refractivity contribution is 6.32.